The zero-order valence-corrected chi connectivity index (χ0v) is 12.6. The first-order valence-corrected chi connectivity index (χ1v) is 7.31. The zero-order valence-electron chi connectivity index (χ0n) is 12.6. The van der Waals surface area contributed by atoms with E-state index in [0.717, 1.165) is 12.0 Å². The quantitative estimate of drug-likeness (QED) is 0.853. The lowest BCUT2D eigenvalue weighted by atomic mass is 10.0. The molecular formula is C17H17N3O2. The number of rotatable bonds is 2. The molecule has 2 atom stereocenters. The Morgan fingerprint density at radius 3 is 3.00 bits per heavy atom. The van der Waals surface area contributed by atoms with E-state index in [1.165, 1.54) is 6.07 Å². The van der Waals surface area contributed by atoms with Gasteiger partial charge in [-0.2, -0.15) is 5.26 Å². The molecule has 0 aromatic carbocycles. The Kier molecular flexibility index (Phi) is 3.68. The van der Waals surface area contributed by atoms with E-state index in [2.05, 4.69) is 11.9 Å². The number of aromatic nitrogens is 1. The highest BCUT2D eigenvalue weighted by Crippen LogP contribution is 2.36. The maximum absolute atomic E-state index is 12.9. The highest BCUT2D eigenvalue weighted by molar-refractivity contribution is 5.96. The van der Waals surface area contributed by atoms with Gasteiger partial charge in [-0.25, -0.2) is 0 Å². The number of amides is 1. The molecule has 3 heterocycles. The minimum Gasteiger partial charge on any atom is -0.450 e. The van der Waals surface area contributed by atoms with Crippen molar-refractivity contribution in [3.8, 4) is 6.07 Å². The highest BCUT2D eigenvalue weighted by Gasteiger charge is 2.35. The zero-order chi connectivity index (χ0) is 15.7. The van der Waals surface area contributed by atoms with Crippen molar-refractivity contribution in [2.45, 2.75) is 26.3 Å². The fourth-order valence-electron chi connectivity index (χ4n) is 3.06. The molecule has 1 saturated heterocycles. The molecule has 0 radical (unpaired) electrons. The predicted molar refractivity (Wildman–Crippen MR) is 80.0 cm³/mol. The number of hydrogen-bond donors (Lipinski definition) is 0. The summed E-state index contributed by atoms with van der Waals surface area (Å²) in [6.07, 6.45) is 4.46. The first kappa shape index (κ1) is 14.3. The molecule has 0 unspecified atom stereocenters. The number of furan rings is 1. The van der Waals surface area contributed by atoms with Crippen LogP contribution in [0.4, 0.5) is 0 Å². The van der Waals surface area contributed by atoms with Crippen molar-refractivity contribution in [2.24, 2.45) is 5.92 Å². The molecule has 0 bridgehead atoms. The first-order chi connectivity index (χ1) is 10.6. The third-order valence-electron chi connectivity index (χ3n) is 4.10. The van der Waals surface area contributed by atoms with Gasteiger partial charge in [-0.1, -0.05) is 13.0 Å². The normalized spacial score (nSPS) is 20.9. The Morgan fingerprint density at radius 2 is 2.36 bits per heavy atom. The lowest BCUT2D eigenvalue weighted by Crippen LogP contribution is -2.31. The summed E-state index contributed by atoms with van der Waals surface area (Å²) in [4.78, 5) is 18.9. The molecule has 1 amide bonds. The van der Waals surface area contributed by atoms with Crippen LogP contribution >= 0.6 is 0 Å². The Morgan fingerprint density at radius 1 is 1.55 bits per heavy atom. The number of hydrogen-bond acceptors (Lipinski definition) is 4. The Balaban J connectivity index is 1.93. The second kappa shape index (κ2) is 5.64. The second-order valence-corrected chi connectivity index (χ2v) is 5.79. The predicted octanol–water partition coefficient (Wildman–Crippen LogP) is 3.08. The molecule has 2 aromatic rings. The smallest absolute Gasteiger partial charge is 0.257 e. The summed E-state index contributed by atoms with van der Waals surface area (Å²) in [5.41, 5.74) is 1.52. The lowest BCUT2D eigenvalue weighted by molar-refractivity contribution is 0.0730. The molecule has 22 heavy (non-hydrogen) atoms. The van der Waals surface area contributed by atoms with Crippen LogP contribution in [0.1, 0.15) is 46.8 Å². The van der Waals surface area contributed by atoms with Crippen molar-refractivity contribution in [3.05, 3.63) is 53.2 Å². The van der Waals surface area contributed by atoms with E-state index >= 15 is 0 Å². The van der Waals surface area contributed by atoms with Crippen molar-refractivity contribution >= 4 is 5.91 Å². The van der Waals surface area contributed by atoms with Crippen molar-refractivity contribution < 1.29 is 9.21 Å². The molecule has 1 aliphatic rings. The standard InChI is InChI=1S/C17H17N3O2/c1-11-6-16(13-4-3-5-19-9-13)20(10-11)17(21)15-7-14(8-18)22-12(15)2/h3-5,7,9,11,16H,6,10H2,1-2H3/t11-,16+/m1/s1. The maximum atomic E-state index is 12.9. The average molecular weight is 295 g/mol. The van der Waals surface area contributed by atoms with Crippen LogP contribution in [-0.4, -0.2) is 22.3 Å². The molecule has 0 spiro atoms. The van der Waals surface area contributed by atoms with E-state index in [9.17, 15) is 4.79 Å². The molecule has 0 N–H and O–H groups in total. The van der Waals surface area contributed by atoms with Crippen molar-refractivity contribution in [1.29, 1.82) is 5.26 Å². The van der Waals surface area contributed by atoms with Crippen molar-refractivity contribution in [2.75, 3.05) is 6.54 Å². The molecule has 3 rings (SSSR count). The van der Waals surface area contributed by atoms with E-state index in [1.807, 2.05) is 29.3 Å². The average Bonchev–Trinajstić information content (AvgIpc) is 3.10. The summed E-state index contributed by atoms with van der Waals surface area (Å²) in [6.45, 7) is 4.55. The van der Waals surface area contributed by atoms with Gasteiger partial charge in [-0.05, 0) is 30.9 Å². The van der Waals surface area contributed by atoms with Gasteiger partial charge in [0.25, 0.3) is 5.91 Å². The number of carbonyl (C=O) groups is 1. The van der Waals surface area contributed by atoms with Gasteiger partial charge >= 0.3 is 0 Å². The summed E-state index contributed by atoms with van der Waals surface area (Å²) in [5.74, 6) is 1.01. The first-order valence-electron chi connectivity index (χ1n) is 7.31. The van der Waals surface area contributed by atoms with Crippen molar-refractivity contribution in [1.82, 2.24) is 9.88 Å². The van der Waals surface area contributed by atoms with Gasteiger partial charge < -0.3 is 9.32 Å². The van der Waals surface area contributed by atoms with E-state index in [-0.39, 0.29) is 17.7 Å². The van der Waals surface area contributed by atoms with Crippen LogP contribution in [0.25, 0.3) is 0 Å². The summed E-state index contributed by atoms with van der Waals surface area (Å²) in [7, 11) is 0. The van der Waals surface area contributed by atoms with Crippen LogP contribution in [0.5, 0.6) is 0 Å². The van der Waals surface area contributed by atoms with Gasteiger partial charge in [0, 0.05) is 25.0 Å². The Hall–Kier alpha value is -2.61. The molecule has 1 fully saturated rings. The SMILES string of the molecule is Cc1oc(C#N)cc1C(=O)N1C[C@H](C)C[C@H]1c1cccnc1. The molecule has 5 nitrogen and oxygen atoms in total. The number of likely N-dealkylation sites (tertiary alicyclic amines) is 1. The largest absolute Gasteiger partial charge is 0.450 e. The monoisotopic (exact) mass is 295 g/mol. The Labute approximate surface area is 129 Å². The Bertz CT molecular complexity index is 730. The van der Waals surface area contributed by atoms with Crippen LogP contribution in [0.3, 0.4) is 0 Å². The number of aryl methyl sites for hydroxylation is 1. The second-order valence-electron chi connectivity index (χ2n) is 5.79. The van der Waals surface area contributed by atoms with Gasteiger partial charge in [-0.15, -0.1) is 0 Å². The summed E-state index contributed by atoms with van der Waals surface area (Å²) in [6, 6.07) is 7.38. The van der Waals surface area contributed by atoms with Gasteiger partial charge in [0.1, 0.15) is 11.8 Å². The number of nitrogens with zero attached hydrogens (tertiary/aromatic N) is 3. The number of nitriles is 1. The minimum absolute atomic E-state index is 0.0241. The molecule has 1 aliphatic heterocycles. The summed E-state index contributed by atoms with van der Waals surface area (Å²) < 4.78 is 5.29. The summed E-state index contributed by atoms with van der Waals surface area (Å²) >= 11 is 0. The topological polar surface area (TPSA) is 70.1 Å². The molecule has 2 aromatic heterocycles. The van der Waals surface area contributed by atoms with Gasteiger partial charge in [0.2, 0.25) is 5.76 Å². The van der Waals surface area contributed by atoms with E-state index in [4.69, 9.17) is 9.68 Å². The lowest BCUT2D eigenvalue weighted by Gasteiger charge is -2.24. The van der Waals surface area contributed by atoms with Gasteiger partial charge in [0.05, 0.1) is 11.6 Å². The molecule has 5 heteroatoms. The van der Waals surface area contributed by atoms with E-state index < -0.39 is 0 Å². The third-order valence-corrected chi connectivity index (χ3v) is 4.10. The molecule has 0 aliphatic carbocycles. The third kappa shape index (κ3) is 2.48. The molecule has 112 valence electrons. The number of pyridine rings is 1. The van der Waals surface area contributed by atoms with Crippen LogP contribution in [0.2, 0.25) is 0 Å². The number of carbonyl (C=O) groups excluding carboxylic acids is 1. The van der Waals surface area contributed by atoms with Crippen LogP contribution in [-0.2, 0) is 0 Å². The fraction of sp³-hybridized carbons (Fsp3) is 0.353. The molecule has 0 saturated carbocycles. The summed E-state index contributed by atoms with van der Waals surface area (Å²) in [5, 5.41) is 8.92. The van der Waals surface area contributed by atoms with Crippen LogP contribution in [0.15, 0.2) is 35.0 Å². The van der Waals surface area contributed by atoms with Crippen LogP contribution < -0.4 is 0 Å². The van der Waals surface area contributed by atoms with Crippen molar-refractivity contribution in [3.63, 3.8) is 0 Å². The minimum atomic E-state index is -0.0825. The van der Waals surface area contributed by atoms with Gasteiger partial charge in [-0.3, -0.25) is 9.78 Å². The van der Waals surface area contributed by atoms with E-state index in [1.54, 1.807) is 13.1 Å². The highest BCUT2D eigenvalue weighted by atomic mass is 16.3. The fourth-order valence-corrected chi connectivity index (χ4v) is 3.06. The molecular weight excluding hydrogens is 278 g/mol. The maximum Gasteiger partial charge on any atom is 0.257 e. The van der Waals surface area contributed by atoms with Crippen LogP contribution in [0, 0.1) is 24.2 Å². The van der Waals surface area contributed by atoms with Gasteiger partial charge in [0.15, 0.2) is 0 Å². The van der Waals surface area contributed by atoms with E-state index in [0.29, 0.717) is 23.8 Å².